The summed E-state index contributed by atoms with van der Waals surface area (Å²) in [4.78, 5) is 12.3. The molecule has 3 nitrogen and oxygen atoms in total. The number of allylic oxidation sites excluding steroid dienone is 2. The molecule has 2 aliphatic carbocycles. The smallest absolute Gasteiger partial charge is 0.224 e. The minimum Gasteiger partial charge on any atom is -0.379 e. The highest BCUT2D eigenvalue weighted by atomic mass is 16.5. The molecule has 0 radical (unpaired) electrons. The minimum absolute atomic E-state index is 0.148. The molecule has 0 aliphatic heterocycles. The highest BCUT2D eigenvalue weighted by Crippen LogP contribution is 2.26. The molecule has 2 unspecified atom stereocenters. The van der Waals surface area contributed by atoms with Gasteiger partial charge in [-0.2, -0.15) is 0 Å². The first-order valence-electron chi connectivity index (χ1n) is 7.20. The number of methoxy groups -OCH3 is 1. The molecule has 4 atom stereocenters. The monoisotopic (exact) mass is 251 g/mol. The van der Waals surface area contributed by atoms with Gasteiger partial charge in [-0.25, -0.2) is 0 Å². The number of hydrogen-bond donors (Lipinski definition) is 1. The third kappa shape index (κ3) is 3.14. The summed E-state index contributed by atoms with van der Waals surface area (Å²) in [7, 11) is 1.75. The van der Waals surface area contributed by atoms with Gasteiger partial charge in [0.15, 0.2) is 0 Å². The molecule has 0 bridgehead atoms. The lowest BCUT2D eigenvalue weighted by Gasteiger charge is -2.33. The van der Waals surface area contributed by atoms with Crippen molar-refractivity contribution in [3.05, 3.63) is 12.2 Å². The van der Waals surface area contributed by atoms with E-state index < -0.39 is 0 Å². The lowest BCUT2D eigenvalue weighted by atomic mass is 9.83. The Morgan fingerprint density at radius 3 is 2.67 bits per heavy atom. The summed E-state index contributed by atoms with van der Waals surface area (Å²) in [6, 6.07) is 0.217. The average Bonchev–Trinajstić information content (AvgIpc) is 2.39. The van der Waals surface area contributed by atoms with Gasteiger partial charge in [0, 0.05) is 13.0 Å². The fourth-order valence-corrected chi connectivity index (χ4v) is 3.15. The maximum atomic E-state index is 12.3. The number of nitrogens with one attached hydrogen (secondary N) is 1. The van der Waals surface area contributed by atoms with Crippen LogP contribution >= 0.6 is 0 Å². The van der Waals surface area contributed by atoms with Gasteiger partial charge in [-0.05, 0) is 31.6 Å². The van der Waals surface area contributed by atoms with Crippen LogP contribution in [-0.2, 0) is 9.53 Å². The molecular formula is C15H25NO2. The highest BCUT2D eigenvalue weighted by Gasteiger charge is 2.31. The molecule has 102 valence electrons. The Morgan fingerprint density at radius 2 is 1.94 bits per heavy atom. The topological polar surface area (TPSA) is 38.3 Å². The Labute approximate surface area is 110 Å². The van der Waals surface area contributed by atoms with E-state index in [0.717, 1.165) is 25.7 Å². The summed E-state index contributed by atoms with van der Waals surface area (Å²) in [6.07, 6.45) is 11.0. The molecule has 0 saturated heterocycles. The van der Waals surface area contributed by atoms with Crippen molar-refractivity contribution in [3.63, 3.8) is 0 Å². The van der Waals surface area contributed by atoms with Crippen molar-refractivity contribution < 1.29 is 9.53 Å². The molecule has 2 aliphatic rings. The zero-order valence-corrected chi connectivity index (χ0v) is 11.5. The van der Waals surface area contributed by atoms with Crippen LogP contribution in [0.3, 0.4) is 0 Å². The lowest BCUT2D eigenvalue weighted by molar-refractivity contribution is -0.128. The second-order valence-corrected chi connectivity index (χ2v) is 5.70. The largest absolute Gasteiger partial charge is 0.379 e. The fraction of sp³-hybridized carbons (Fsp3) is 0.800. The molecule has 0 aromatic carbocycles. The van der Waals surface area contributed by atoms with E-state index in [-0.39, 0.29) is 24.0 Å². The third-order valence-corrected chi connectivity index (χ3v) is 4.42. The number of ether oxygens (including phenoxy) is 1. The summed E-state index contributed by atoms with van der Waals surface area (Å²) in [5, 5.41) is 3.22. The van der Waals surface area contributed by atoms with Crippen LogP contribution in [0.25, 0.3) is 0 Å². The lowest BCUT2D eigenvalue weighted by Crippen LogP contribution is -2.48. The van der Waals surface area contributed by atoms with Crippen LogP contribution in [-0.4, -0.2) is 25.2 Å². The van der Waals surface area contributed by atoms with Crippen LogP contribution in [0, 0.1) is 11.8 Å². The maximum Gasteiger partial charge on any atom is 0.224 e. The number of carbonyl (C=O) groups is 1. The summed E-state index contributed by atoms with van der Waals surface area (Å²) in [5.41, 5.74) is 0. The molecule has 3 heteroatoms. The minimum atomic E-state index is 0.148. The van der Waals surface area contributed by atoms with Crippen molar-refractivity contribution in [2.24, 2.45) is 11.8 Å². The van der Waals surface area contributed by atoms with Crippen LogP contribution in [0.2, 0.25) is 0 Å². The fourth-order valence-electron chi connectivity index (χ4n) is 3.15. The number of hydrogen-bond acceptors (Lipinski definition) is 2. The Bertz CT molecular complexity index is 314. The normalized spacial score (nSPS) is 36.3. The second kappa shape index (κ2) is 6.37. The van der Waals surface area contributed by atoms with Crippen molar-refractivity contribution in [1.82, 2.24) is 5.32 Å². The van der Waals surface area contributed by atoms with Crippen molar-refractivity contribution in [2.75, 3.05) is 7.11 Å². The van der Waals surface area contributed by atoms with Gasteiger partial charge < -0.3 is 10.1 Å². The molecule has 0 aromatic rings. The first-order valence-corrected chi connectivity index (χ1v) is 7.20. The van der Waals surface area contributed by atoms with Gasteiger partial charge in [-0.3, -0.25) is 4.79 Å². The van der Waals surface area contributed by atoms with E-state index in [1.165, 1.54) is 12.8 Å². The van der Waals surface area contributed by atoms with Crippen molar-refractivity contribution in [1.29, 1.82) is 0 Å². The molecule has 1 fully saturated rings. The summed E-state index contributed by atoms with van der Waals surface area (Å²) >= 11 is 0. The Morgan fingerprint density at radius 1 is 1.22 bits per heavy atom. The van der Waals surface area contributed by atoms with E-state index in [1.54, 1.807) is 7.11 Å². The maximum absolute atomic E-state index is 12.3. The van der Waals surface area contributed by atoms with Crippen molar-refractivity contribution in [3.8, 4) is 0 Å². The van der Waals surface area contributed by atoms with E-state index in [4.69, 9.17) is 4.74 Å². The van der Waals surface area contributed by atoms with Crippen LogP contribution in [0.15, 0.2) is 12.2 Å². The third-order valence-electron chi connectivity index (χ3n) is 4.42. The standard InChI is InChI=1S/C15H25NO2/c1-11-7-3-4-8-12(11)15(17)16-13-9-5-6-10-14(13)18-2/h3-4,11-14H,5-10H2,1-2H3,(H,16,17)/t11-,12-,13?,14?/m1/s1. The Balaban J connectivity index is 1.91. The van der Waals surface area contributed by atoms with Crippen LogP contribution < -0.4 is 5.32 Å². The molecule has 0 heterocycles. The Hall–Kier alpha value is -0.830. The molecular weight excluding hydrogens is 226 g/mol. The second-order valence-electron chi connectivity index (χ2n) is 5.70. The van der Waals surface area contributed by atoms with Gasteiger partial charge in [0.1, 0.15) is 0 Å². The van der Waals surface area contributed by atoms with Gasteiger partial charge >= 0.3 is 0 Å². The quantitative estimate of drug-likeness (QED) is 0.783. The summed E-state index contributed by atoms with van der Waals surface area (Å²) in [5.74, 6) is 0.829. The molecule has 1 N–H and O–H groups in total. The molecule has 1 saturated carbocycles. The average molecular weight is 251 g/mol. The summed E-state index contributed by atoms with van der Waals surface area (Å²) in [6.45, 7) is 2.17. The number of amides is 1. The molecule has 2 rings (SSSR count). The van der Waals surface area contributed by atoms with Gasteiger partial charge in [0.2, 0.25) is 5.91 Å². The predicted octanol–water partition coefficient (Wildman–Crippen LogP) is 2.66. The van der Waals surface area contributed by atoms with Crippen molar-refractivity contribution in [2.45, 2.75) is 57.6 Å². The number of carbonyl (C=O) groups excluding carboxylic acids is 1. The SMILES string of the molecule is COC1CCCCC1NC(=O)[C@@H]1CC=CC[C@H]1C. The summed E-state index contributed by atoms with van der Waals surface area (Å²) < 4.78 is 5.49. The zero-order chi connectivity index (χ0) is 13.0. The van der Waals surface area contributed by atoms with E-state index in [1.807, 2.05) is 0 Å². The van der Waals surface area contributed by atoms with Crippen LogP contribution in [0.5, 0.6) is 0 Å². The Kier molecular flexibility index (Phi) is 4.81. The molecule has 1 amide bonds. The van der Waals surface area contributed by atoms with Crippen LogP contribution in [0.1, 0.15) is 45.4 Å². The van der Waals surface area contributed by atoms with Gasteiger partial charge in [-0.15, -0.1) is 0 Å². The van der Waals surface area contributed by atoms with Crippen LogP contribution in [0.4, 0.5) is 0 Å². The first kappa shape index (κ1) is 13.6. The molecule has 18 heavy (non-hydrogen) atoms. The van der Waals surface area contributed by atoms with E-state index in [2.05, 4.69) is 24.4 Å². The highest BCUT2D eigenvalue weighted by molar-refractivity contribution is 5.79. The van der Waals surface area contributed by atoms with E-state index in [9.17, 15) is 4.79 Å². The predicted molar refractivity (Wildman–Crippen MR) is 72.2 cm³/mol. The molecule has 0 aromatic heterocycles. The van der Waals surface area contributed by atoms with E-state index >= 15 is 0 Å². The first-order chi connectivity index (χ1) is 8.72. The number of rotatable bonds is 3. The van der Waals surface area contributed by atoms with Gasteiger partial charge in [0.25, 0.3) is 0 Å². The molecule has 0 spiro atoms. The zero-order valence-electron chi connectivity index (χ0n) is 11.5. The van der Waals surface area contributed by atoms with Crippen molar-refractivity contribution >= 4 is 5.91 Å². The van der Waals surface area contributed by atoms with Gasteiger partial charge in [0.05, 0.1) is 12.1 Å². The van der Waals surface area contributed by atoms with E-state index in [0.29, 0.717) is 5.92 Å². The van der Waals surface area contributed by atoms with Gasteiger partial charge in [-0.1, -0.05) is 31.9 Å².